The van der Waals surface area contributed by atoms with E-state index >= 15 is 0 Å². The zero-order valence-electron chi connectivity index (χ0n) is 11.5. The molecule has 0 saturated carbocycles. The number of imidazole rings is 1. The number of benzene rings is 2. The molecule has 0 unspecified atom stereocenters. The van der Waals surface area contributed by atoms with Crippen LogP contribution in [0.3, 0.4) is 0 Å². The summed E-state index contributed by atoms with van der Waals surface area (Å²) in [6.07, 6.45) is 3.72. The second kappa shape index (κ2) is 5.31. The maximum absolute atomic E-state index is 5.83. The minimum absolute atomic E-state index is 0.516. The van der Waals surface area contributed by atoms with Gasteiger partial charge >= 0.3 is 0 Å². The van der Waals surface area contributed by atoms with Crippen molar-refractivity contribution >= 4 is 0 Å². The Morgan fingerprint density at radius 3 is 2.55 bits per heavy atom. The van der Waals surface area contributed by atoms with Crippen molar-refractivity contribution in [3.63, 3.8) is 0 Å². The van der Waals surface area contributed by atoms with Crippen LogP contribution in [0.4, 0.5) is 0 Å². The number of nitrogens with two attached hydrogens (primary N) is 1. The van der Waals surface area contributed by atoms with Gasteiger partial charge in [0.25, 0.3) is 0 Å². The highest BCUT2D eigenvalue weighted by Gasteiger charge is 2.09. The van der Waals surface area contributed by atoms with Crippen LogP contribution < -0.4 is 5.73 Å². The number of para-hydroxylation sites is 1. The van der Waals surface area contributed by atoms with Crippen LogP contribution in [0.5, 0.6) is 0 Å². The third kappa shape index (κ3) is 2.24. The SMILES string of the molecule is Cc1ccc(-c2cncn2-c2ccccc2CN)cc1. The number of aryl methyl sites for hydroxylation is 1. The van der Waals surface area contributed by atoms with E-state index in [0.29, 0.717) is 6.54 Å². The molecule has 3 aromatic rings. The van der Waals surface area contributed by atoms with Crippen molar-refractivity contribution in [2.75, 3.05) is 0 Å². The second-order valence-electron chi connectivity index (χ2n) is 4.85. The fourth-order valence-electron chi connectivity index (χ4n) is 2.34. The molecule has 0 amide bonds. The van der Waals surface area contributed by atoms with Gasteiger partial charge in [-0.2, -0.15) is 0 Å². The Morgan fingerprint density at radius 1 is 1.05 bits per heavy atom. The molecule has 0 bridgehead atoms. The molecule has 0 aliphatic rings. The van der Waals surface area contributed by atoms with Crippen molar-refractivity contribution in [3.05, 3.63) is 72.2 Å². The molecule has 0 radical (unpaired) electrons. The number of hydrogen-bond donors (Lipinski definition) is 1. The summed E-state index contributed by atoms with van der Waals surface area (Å²) in [7, 11) is 0. The third-order valence-corrected chi connectivity index (χ3v) is 3.46. The van der Waals surface area contributed by atoms with Crippen molar-refractivity contribution in [1.82, 2.24) is 9.55 Å². The summed E-state index contributed by atoms with van der Waals surface area (Å²) >= 11 is 0. The molecule has 1 heterocycles. The zero-order chi connectivity index (χ0) is 13.9. The van der Waals surface area contributed by atoms with Crippen molar-refractivity contribution < 1.29 is 0 Å². The van der Waals surface area contributed by atoms with Crippen LogP contribution in [0.1, 0.15) is 11.1 Å². The molecule has 0 aliphatic carbocycles. The first kappa shape index (κ1) is 12.6. The Hall–Kier alpha value is -2.39. The van der Waals surface area contributed by atoms with Gasteiger partial charge in [0.1, 0.15) is 0 Å². The molecular formula is C17H17N3. The monoisotopic (exact) mass is 263 g/mol. The molecule has 0 spiro atoms. The van der Waals surface area contributed by atoms with E-state index in [0.717, 1.165) is 22.5 Å². The zero-order valence-corrected chi connectivity index (χ0v) is 11.5. The van der Waals surface area contributed by atoms with E-state index in [-0.39, 0.29) is 0 Å². The van der Waals surface area contributed by atoms with Gasteiger partial charge < -0.3 is 5.73 Å². The van der Waals surface area contributed by atoms with E-state index in [9.17, 15) is 0 Å². The van der Waals surface area contributed by atoms with E-state index in [1.54, 1.807) is 0 Å². The fourth-order valence-corrected chi connectivity index (χ4v) is 2.34. The maximum Gasteiger partial charge on any atom is 0.0997 e. The van der Waals surface area contributed by atoms with E-state index < -0.39 is 0 Å². The smallest absolute Gasteiger partial charge is 0.0997 e. The Morgan fingerprint density at radius 2 is 1.80 bits per heavy atom. The largest absolute Gasteiger partial charge is 0.326 e. The standard InChI is InChI=1S/C17H17N3/c1-13-6-8-14(9-7-13)17-11-19-12-20(17)16-5-3-2-4-15(16)10-18/h2-9,11-12H,10,18H2,1H3. The van der Waals surface area contributed by atoms with Gasteiger partial charge in [-0.25, -0.2) is 4.98 Å². The molecule has 0 fully saturated rings. The summed E-state index contributed by atoms with van der Waals surface area (Å²) in [4.78, 5) is 4.29. The van der Waals surface area contributed by atoms with Crippen LogP contribution >= 0.6 is 0 Å². The average molecular weight is 263 g/mol. The van der Waals surface area contributed by atoms with Gasteiger partial charge in [0.05, 0.1) is 23.9 Å². The molecule has 3 heteroatoms. The number of rotatable bonds is 3. The molecule has 2 N–H and O–H groups in total. The highest BCUT2D eigenvalue weighted by molar-refractivity contribution is 5.63. The van der Waals surface area contributed by atoms with Crippen molar-refractivity contribution in [3.8, 4) is 16.9 Å². The number of nitrogens with zero attached hydrogens (tertiary/aromatic N) is 2. The first-order chi connectivity index (χ1) is 9.79. The van der Waals surface area contributed by atoms with E-state index in [2.05, 4.69) is 46.8 Å². The highest BCUT2D eigenvalue weighted by Crippen LogP contribution is 2.24. The lowest BCUT2D eigenvalue weighted by molar-refractivity contribution is 0.987. The molecule has 0 aliphatic heterocycles. The fraction of sp³-hybridized carbons (Fsp3) is 0.118. The van der Waals surface area contributed by atoms with E-state index in [4.69, 9.17) is 5.73 Å². The summed E-state index contributed by atoms with van der Waals surface area (Å²) in [5.41, 5.74) is 11.5. The summed E-state index contributed by atoms with van der Waals surface area (Å²) in [6.45, 7) is 2.60. The van der Waals surface area contributed by atoms with E-state index in [1.165, 1.54) is 5.56 Å². The van der Waals surface area contributed by atoms with Crippen LogP contribution in [-0.2, 0) is 6.54 Å². The summed E-state index contributed by atoms with van der Waals surface area (Å²) < 4.78 is 2.09. The van der Waals surface area contributed by atoms with Gasteiger partial charge in [-0.05, 0) is 18.6 Å². The van der Waals surface area contributed by atoms with Crippen LogP contribution in [0.25, 0.3) is 16.9 Å². The molecule has 0 saturated heterocycles. The van der Waals surface area contributed by atoms with Gasteiger partial charge in [0, 0.05) is 12.1 Å². The molecular weight excluding hydrogens is 246 g/mol. The highest BCUT2D eigenvalue weighted by atomic mass is 15.1. The lowest BCUT2D eigenvalue weighted by Crippen LogP contribution is -2.04. The third-order valence-electron chi connectivity index (χ3n) is 3.46. The first-order valence-corrected chi connectivity index (χ1v) is 6.67. The lowest BCUT2D eigenvalue weighted by atomic mass is 10.1. The summed E-state index contributed by atoms with van der Waals surface area (Å²) in [6, 6.07) is 16.6. The molecule has 2 aromatic carbocycles. The van der Waals surface area contributed by atoms with Crippen molar-refractivity contribution in [2.45, 2.75) is 13.5 Å². The molecule has 0 atom stereocenters. The van der Waals surface area contributed by atoms with Gasteiger partial charge in [0.2, 0.25) is 0 Å². The predicted octanol–water partition coefficient (Wildman–Crippen LogP) is 3.31. The lowest BCUT2D eigenvalue weighted by Gasteiger charge is -2.12. The Bertz CT molecular complexity index is 711. The second-order valence-corrected chi connectivity index (χ2v) is 4.85. The van der Waals surface area contributed by atoms with E-state index in [1.807, 2.05) is 30.7 Å². The topological polar surface area (TPSA) is 43.8 Å². The normalized spacial score (nSPS) is 10.7. The minimum Gasteiger partial charge on any atom is -0.326 e. The minimum atomic E-state index is 0.516. The van der Waals surface area contributed by atoms with Gasteiger partial charge in [-0.3, -0.25) is 4.57 Å². The molecule has 100 valence electrons. The number of aromatic nitrogens is 2. The maximum atomic E-state index is 5.83. The Labute approximate surface area is 118 Å². The van der Waals surface area contributed by atoms with Crippen LogP contribution in [0, 0.1) is 6.92 Å². The van der Waals surface area contributed by atoms with Gasteiger partial charge in [-0.1, -0.05) is 48.0 Å². The molecule has 20 heavy (non-hydrogen) atoms. The van der Waals surface area contributed by atoms with Crippen molar-refractivity contribution in [1.29, 1.82) is 0 Å². The predicted molar refractivity (Wildman–Crippen MR) is 81.6 cm³/mol. The van der Waals surface area contributed by atoms with Crippen molar-refractivity contribution in [2.24, 2.45) is 5.73 Å². The van der Waals surface area contributed by atoms with Crippen LogP contribution in [-0.4, -0.2) is 9.55 Å². The average Bonchev–Trinajstić information content (AvgIpc) is 2.97. The Balaban J connectivity index is 2.13. The molecule has 3 rings (SSSR count). The summed E-state index contributed by atoms with van der Waals surface area (Å²) in [5, 5.41) is 0. The van der Waals surface area contributed by atoms with Crippen LogP contribution in [0.2, 0.25) is 0 Å². The summed E-state index contributed by atoms with van der Waals surface area (Å²) in [5.74, 6) is 0. The first-order valence-electron chi connectivity index (χ1n) is 6.67. The molecule has 3 nitrogen and oxygen atoms in total. The molecule has 1 aromatic heterocycles. The quantitative estimate of drug-likeness (QED) is 0.788. The Kier molecular flexibility index (Phi) is 3.35. The number of hydrogen-bond acceptors (Lipinski definition) is 2. The van der Waals surface area contributed by atoms with Crippen LogP contribution in [0.15, 0.2) is 61.1 Å². The van der Waals surface area contributed by atoms with Gasteiger partial charge in [0.15, 0.2) is 0 Å². The van der Waals surface area contributed by atoms with Gasteiger partial charge in [-0.15, -0.1) is 0 Å².